The molecule has 0 amide bonds. The molecule has 4 atom stereocenters. The highest BCUT2D eigenvalue weighted by Gasteiger charge is 2.49. The van der Waals surface area contributed by atoms with E-state index in [1.54, 1.807) is 0 Å². The summed E-state index contributed by atoms with van der Waals surface area (Å²) in [5.41, 5.74) is 5.55. The van der Waals surface area contributed by atoms with E-state index in [9.17, 15) is 18.8 Å². The molecular formula is C33H33F3N8O2S. The van der Waals surface area contributed by atoms with Crippen molar-refractivity contribution in [2.75, 3.05) is 43.4 Å². The second-order valence-corrected chi connectivity index (χ2v) is 14.8. The van der Waals surface area contributed by atoms with Crippen molar-refractivity contribution < 1.29 is 17.9 Å². The highest BCUT2D eigenvalue weighted by Crippen LogP contribution is 2.46. The zero-order valence-electron chi connectivity index (χ0n) is 25.6. The summed E-state index contributed by atoms with van der Waals surface area (Å²) in [5.74, 6) is -1.38. The van der Waals surface area contributed by atoms with Crippen molar-refractivity contribution in [2.24, 2.45) is 0 Å². The summed E-state index contributed by atoms with van der Waals surface area (Å²) in [6.07, 6.45) is 4.26. The summed E-state index contributed by atoms with van der Waals surface area (Å²) in [7, 11) is 0. The molecule has 244 valence electrons. The van der Waals surface area contributed by atoms with E-state index in [-0.39, 0.29) is 73.7 Å². The summed E-state index contributed by atoms with van der Waals surface area (Å²) in [6, 6.07) is 4.98. The molecule has 4 aromatic rings. The van der Waals surface area contributed by atoms with Crippen LogP contribution in [0.2, 0.25) is 0 Å². The number of nitrogens with two attached hydrogens (primary N) is 1. The lowest BCUT2D eigenvalue weighted by Crippen LogP contribution is -2.51. The Labute approximate surface area is 271 Å². The number of hydrogen-bond donors (Lipinski definition) is 2. The fraction of sp³-hybridized carbons (Fsp3) is 0.515. The van der Waals surface area contributed by atoms with Crippen molar-refractivity contribution in [3.8, 4) is 23.2 Å². The smallest absolute Gasteiger partial charge is 0.263 e. The Kier molecular flexibility index (Phi) is 6.55. The van der Waals surface area contributed by atoms with Gasteiger partial charge in [-0.25, -0.2) is 23.1 Å². The van der Waals surface area contributed by atoms with E-state index in [0.29, 0.717) is 44.6 Å². The molecule has 2 unspecified atom stereocenters. The number of nitrogens with one attached hydrogen (secondary N) is 1. The van der Waals surface area contributed by atoms with Gasteiger partial charge in [0.15, 0.2) is 10.9 Å². The Hall–Kier alpha value is -3.93. The largest absolute Gasteiger partial charge is 0.475 e. The Morgan fingerprint density at radius 1 is 1.13 bits per heavy atom. The van der Waals surface area contributed by atoms with Crippen molar-refractivity contribution in [1.29, 1.82) is 5.26 Å². The molecular weight excluding hydrogens is 629 g/mol. The number of nitriles is 1. The average Bonchev–Trinajstić information content (AvgIpc) is 3.39. The minimum absolute atomic E-state index is 0.0323. The minimum atomic E-state index is -0.973. The normalized spacial score (nSPS) is 27.2. The summed E-state index contributed by atoms with van der Waals surface area (Å²) in [4.78, 5) is 27.8. The van der Waals surface area contributed by atoms with E-state index in [1.165, 1.54) is 16.7 Å². The van der Waals surface area contributed by atoms with Gasteiger partial charge in [-0.2, -0.15) is 5.26 Å². The van der Waals surface area contributed by atoms with Crippen LogP contribution in [-0.4, -0.2) is 76.0 Å². The minimum Gasteiger partial charge on any atom is -0.475 e. The van der Waals surface area contributed by atoms with Crippen LogP contribution in [0.5, 0.6) is 5.88 Å². The van der Waals surface area contributed by atoms with Crippen molar-refractivity contribution in [3.63, 3.8) is 0 Å². The van der Waals surface area contributed by atoms with Crippen LogP contribution >= 0.6 is 11.3 Å². The van der Waals surface area contributed by atoms with Gasteiger partial charge in [0.1, 0.15) is 35.7 Å². The molecule has 3 N–H and O–H groups in total. The van der Waals surface area contributed by atoms with Crippen molar-refractivity contribution in [3.05, 3.63) is 39.7 Å². The molecule has 0 spiro atoms. The third-order valence-electron chi connectivity index (χ3n) is 10.8. The van der Waals surface area contributed by atoms with Gasteiger partial charge in [-0.3, -0.25) is 9.69 Å². The molecule has 1 aromatic carbocycles. The van der Waals surface area contributed by atoms with Crippen LogP contribution in [0.25, 0.3) is 32.4 Å². The summed E-state index contributed by atoms with van der Waals surface area (Å²) >= 11 is 0.959. The van der Waals surface area contributed by atoms with Crippen LogP contribution in [0.4, 0.5) is 24.0 Å². The number of nitrogens with zero attached hydrogens (tertiary/aromatic N) is 6. The summed E-state index contributed by atoms with van der Waals surface area (Å²) in [6.45, 7) is 2.26. The first-order valence-corrected chi connectivity index (χ1v) is 17.2. The Bertz CT molecular complexity index is 2060. The number of ether oxygens (including phenoxy) is 1. The van der Waals surface area contributed by atoms with Gasteiger partial charge in [0.25, 0.3) is 5.56 Å². The number of rotatable bonds is 6. The topological polar surface area (TPSA) is 125 Å². The van der Waals surface area contributed by atoms with Crippen LogP contribution in [-0.2, 0) is 0 Å². The zero-order chi connectivity index (χ0) is 32.2. The molecule has 7 heterocycles. The maximum absolute atomic E-state index is 17.4. The molecule has 5 fully saturated rings. The second kappa shape index (κ2) is 10.5. The van der Waals surface area contributed by atoms with Crippen LogP contribution in [0.3, 0.4) is 0 Å². The molecule has 9 rings (SSSR count). The summed E-state index contributed by atoms with van der Waals surface area (Å²) < 4.78 is 54.8. The van der Waals surface area contributed by atoms with Crippen molar-refractivity contribution in [2.45, 2.75) is 74.8 Å². The predicted octanol–water partition coefficient (Wildman–Crippen LogP) is 4.64. The fourth-order valence-corrected chi connectivity index (χ4v) is 9.38. The lowest BCUT2D eigenvalue weighted by Gasteiger charge is -2.36. The van der Waals surface area contributed by atoms with Crippen molar-refractivity contribution in [1.82, 2.24) is 24.8 Å². The third kappa shape index (κ3) is 4.46. The highest BCUT2D eigenvalue weighted by atomic mass is 32.1. The SMILES string of the molecule is N#Cc1c(OC[C@@]23CCCN2C[C@H](F)C3)nc2c(F)c(-c3ccc(F)c4sc(N)nc34)n(C3CC3)c(=O)c2c1N1CC2CCC(C1)N2. The molecule has 47 heavy (non-hydrogen) atoms. The molecule has 14 heteroatoms. The molecule has 1 aliphatic carbocycles. The number of aromatic nitrogens is 3. The molecule has 5 aliphatic rings. The van der Waals surface area contributed by atoms with Crippen LogP contribution in [0, 0.1) is 23.0 Å². The quantitative estimate of drug-likeness (QED) is 0.304. The van der Waals surface area contributed by atoms with E-state index in [0.717, 1.165) is 43.6 Å². The number of pyridine rings is 2. The van der Waals surface area contributed by atoms with Crippen LogP contribution < -0.4 is 26.2 Å². The number of nitrogen functional groups attached to an aromatic ring is 1. The highest BCUT2D eigenvalue weighted by molar-refractivity contribution is 7.22. The van der Waals surface area contributed by atoms with E-state index >= 15 is 4.39 Å². The number of piperazine rings is 1. The van der Waals surface area contributed by atoms with Crippen LogP contribution in [0.15, 0.2) is 16.9 Å². The molecule has 1 saturated carbocycles. The zero-order valence-corrected chi connectivity index (χ0v) is 26.4. The predicted molar refractivity (Wildman–Crippen MR) is 173 cm³/mol. The second-order valence-electron chi connectivity index (χ2n) is 13.8. The van der Waals surface area contributed by atoms with E-state index in [1.807, 2.05) is 4.90 Å². The number of thiazole rings is 1. The van der Waals surface area contributed by atoms with E-state index < -0.39 is 28.9 Å². The van der Waals surface area contributed by atoms with Crippen molar-refractivity contribution >= 4 is 43.3 Å². The average molecular weight is 663 g/mol. The first-order chi connectivity index (χ1) is 22.7. The fourth-order valence-electron chi connectivity index (χ4n) is 8.62. The van der Waals surface area contributed by atoms with E-state index in [4.69, 9.17) is 10.5 Å². The Morgan fingerprint density at radius 3 is 2.66 bits per heavy atom. The van der Waals surface area contributed by atoms with Gasteiger partial charge in [-0.1, -0.05) is 11.3 Å². The number of hydrogen-bond acceptors (Lipinski definition) is 10. The van der Waals surface area contributed by atoms with E-state index in [2.05, 4.69) is 26.3 Å². The number of alkyl halides is 1. The van der Waals surface area contributed by atoms with Crippen LogP contribution in [0.1, 0.15) is 56.6 Å². The maximum atomic E-state index is 17.4. The van der Waals surface area contributed by atoms with Gasteiger partial charge in [0.05, 0.1) is 32.5 Å². The van der Waals surface area contributed by atoms with Gasteiger partial charge in [-0.15, -0.1) is 0 Å². The standard InChI is InChI=1S/C33H33F3N8O2S/c34-16-10-33(8-1-9-43(33)12-16)15-46-30-21(11-37)27(42-13-17-2-3-18(14-42)39-17)23-26(40-30)24(36)28(44(31(23)45)19-4-5-19)20-6-7-22(35)29-25(20)41-32(38)47-29/h6-7,16-19,39H,1-5,8-10,12-15H2,(H2,38,41)/t16-,17?,18?,33+/m1/s1. The van der Waals surface area contributed by atoms with Gasteiger partial charge < -0.3 is 25.3 Å². The first-order valence-electron chi connectivity index (χ1n) is 16.3. The monoisotopic (exact) mass is 662 g/mol. The van der Waals surface area contributed by atoms with Gasteiger partial charge >= 0.3 is 0 Å². The number of fused-ring (bicyclic) bond motifs is 5. The van der Waals surface area contributed by atoms with Gasteiger partial charge in [-0.05, 0) is 57.2 Å². The molecule has 4 saturated heterocycles. The van der Waals surface area contributed by atoms with Gasteiger partial charge in [0.2, 0.25) is 5.88 Å². The number of anilines is 2. The number of halogens is 3. The molecule has 3 aromatic heterocycles. The first kappa shape index (κ1) is 29.2. The molecule has 2 bridgehead atoms. The van der Waals surface area contributed by atoms with Gasteiger partial charge in [0, 0.05) is 49.7 Å². The summed E-state index contributed by atoms with van der Waals surface area (Å²) in [5, 5.41) is 14.4. The lowest BCUT2D eigenvalue weighted by atomic mass is 9.95. The Balaban J connectivity index is 1.29. The molecule has 4 aliphatic heterocycles. The molecule has 10 nitrogen and oxygen atoms in total. The lowest BCUT2D eigenvalue weighted by molar-refractivity contribution is 0.110. The third-order valence-corrected chi connectivity index (χ3v) is 11.7. The molecule has 0 radical (unpaired) electrons. The Morgan fingerprint density at radius 2 is 1.91 bits per heavy atom. The number of benzene rings is 1. The maximum Gasteiger partial charge on any atom is 0.263 e.